The number of ether oxygens (including phenoxy) is 2. The topological polar surface area (TPSA) is 64.7 Å². The van der Waals surface area contributed by atoms with Gasteiger partial charge in [0.05, 0.1) is 14.2 Å². The molecule has 0 bridgehead atoms. The summed E-state index contributed by atoms with van der Waals surface area (Å²) in [5.41, 5.74) is 6.58. The maximum Gasteiger partial charge on any atom is 0.200 e. The van der Waals surface area contributed by atoms with Crippen molar-refractivity contribution in [3.05, 3.63) is 17.7 Å². The number of aromatic hydroxyl groups is 1. The molecule has 0 unspecified atom stereocenters. The second kappa shape index (κ2) is 5.68. The van der Waals surface area contributed by atoms with Crippen molar-refractivity contribution in [3.8, 4) is 17.2 Å². The molecule has 0 amide bonds. The summed E-state index contributed by atoms with van der Waals surface area (Å²) >= 11 is 0. The molecule has 0 fully saturated rings. The van der Waals surface area contributed by atoms with Crippen LogP contribution in [0.3, 0.4) is 0 Å². The van der Waals surface area contributed by atoms with E-state index in [0.29, 0.717) is 11.5 Å². The van der Waals surface area contributed by atoms with Gasteiger partial charge in [-0.1, -0.05) is 0 Å². The summed E-state index contributed by atoms with van der Waals surface area (Å²) in [6, 6.07) is 3.27. The number of hydrogen-bond donors (Lipinski definition) is 2. The zero-order valence-corrected chi connectivity index (χ0v) is 9.80. The zero-order chi connectivity index (χ0) is 10.7. The lowest BCUT2D eigenvalue weighted by Gasteiger charge is -2.12. The summed E-state index contributed by atoms with van der Waals surface area (Å²) in [5.74, 6) is 0.743. The van der Waals surface area contributed by atoms with Crippen molar-refractivity contribution in [1.29, 1.82) is 0 Å². The first-order chi connectivity index (χ1) is 6.60. The summed E-state index contributed by atoms with van der Waals surface area (Å²) < 4.78 is 9.99. The van der Waals surface area contributed by atoms with Gasteiger partial charge >= 0.3 is 0 Å². The van der Waals surface area contributed by atoms with E-state index in [1.165, 1.54) is 14.2 Å². The lowest BCUT2D eigenvalue weighted by Crippen LogP contribution is -2.05. The standard InChI is InChI=1S/C10H15NO3.ClH/c1-6(11)7-4-8(13-2)10(12)9(5-7)14-3;/h4-6,12H,11H2,1-3H3;1H/t6-;/m1./s1. The highest BCUT2D eigenvalue weighted by Gasteiger charge is 2.12. The van der Waals surface area contributed by atoms with Crippen molar-refractivity contribution in [2.45, 2.75) is 13.0 Å². The maximum absolute atomic E-state index is 9.60. The SMILES string of the molecule is COc1cc([C@@H](C)N)cc(OC)c1O.Cl. The van der Waals surface area contributed by atoms with E-state index in [1.54, 1.807) is 12.1 Å². The Hall–Kier alpha value is -1.13. The van der Waals surface area contributed by atoms with Crippen molar-refractivity contribution in [1.82, 2.24) is 0 Å². The highest BCUT2D eigenvalue weighted by Crippen LogP contribution is 2.38. The molecule has 3 N–H and O–H groups in total. The molecule has 1 atom stereocenters. The lowest BCUT2D eigenvalue weighted by atomic mass is 10.1. The third-order valence-corrected chi connectivity index (χ3v) is 2.03. The van der Waals surface area contributed by atoms with Gasteiger partial charge in [0.2, 0.25) is 5.75 Å². The van der Waals surface area contributed by atoms with Crippen molar-refractivity contribution in [2.24, 2.45) is 5.73 Å². The summed E-state index contributed by atoms with van der Waals surface area (Å²) in [7, 11) is 2.97. The molecule has 4 nitrogen and oxygen atoms in total. The Labute approximate surface area is 95.4 Å². The van der Waals surface area contributed by atoms with Crippen LogP contribution in [0.5, 0.6) is 17.2 Å². The highest BCUT2D eigenvalue weighted by molar-refractivity contribution is 5.85. The smallest absolute Gasteiger partial charge is 0.200 e. The van der Waals surface area contributed by atoms with Gasteiger partial charge in [0.15, 0.2) is 11.5 Å². The van der Waals surface area contributed by atoms with E-state index in [4.69, 9.17) is 15.2 Å². The third-order valence-electron chi connectivity index (χ3n) is 2.03. The molecule has 0 saturated carbocycles. The van der Waals surface area contributed by atoms with Gasteiger partial charge in [-0.25, -0.2) is 0 Å². The molecule has 0 saturated heterocycles. The molecule has 0 aliphatic rings. The fraction of sp³-hybridized carbons (Fsp3) is 0.400. The van der Waals surface area contributed by atoms with Gasteiger partial charge in [-0.05, 0) is 24.6 Å². The van der Waals surface area contributed by atoms with Crippen molar-refractivity contribution in [3.63, 3.8) is 0 Å². The Balaban J connectivity index is 0.00000196. The van der Waals surface area contributed by atoms with Crippen LogP contribution in [0.2, 0.25) is 0 Å². The predicted molar refractivity (Wildman–Crippen MR) is 61.1 cm³/mol. The van der Waals surface area contributed by atoms with E-state index in [-0.39, 0.29) is 24.2 Å². The molecule has 1 rings (SSSR count). The fourth-order valence-corrected chi connectivity index (χ4v) is 1.18. The normalized spacial score (nSPS) is 11.5. The van der Waals surface area contributed by atoms with Crippen LogP contribution in [0, 0.1) is 0 Å². The molecule has 0 aliphatic carbocycles. The molecule has 1 aromatic carbocycles. The summed E-state index contributed by atoms with van der Waals surface area (Å²) in [6.07, 6.45) is 0. The molecule has 0 aromatic heterocycles. The summed E-state index contributed by atoms with van der Waals surface area (Å²) in [4.78, 5) is 0. The monoisotopic (exact) mass is 233 g/mol. The van der Waals surface area contributed by atoms with Gasteiger partial charge in [0.25, 0.3) is 0 Å². The molecule has 1 aromatic rings. The molecular weight excluding hydrogens is 218 g/mol. The largest absolute Gasteiger partial charge is 0.502 e. The molecule has 0 heterocycles. The number of phenolic OH excluding ortho intramolecular Hbond substituents is 1. The minimum Gasteiger partial charge on any atom is -0.502 e. The lowest BCUT2D eigenvalue weighted by molar-refractivity contribution is 0.339. The first-order valence-electron chi connectivity index (χ1n) is 4.30. The van der Waals surface area contributed by atoms with E-state index >= 15 is 0 Å². The first kappa shape index (κ1) is 13.9. The van der Waals surface area contributed by atoms with Gasteiger partial charge in [0.1, 0.15) is 0 Å². The van der Waals surface area contributed by atoms with Crippen molar-refractivity contribution < 1.29 is 14.6 Å². The molecule has 5 heteroatoms. The van der Waals surface area contributed by atoms with E-state index in [1.807, 2.05) is 6.92 Å². The zero-order valence-electron chi connectivity index (χ0n) is 8.98. The molecule has 15 heavy (non-hydrogen) atoms. The van der Waals surface area contributed by atoms with Crippen LogP contribution in [-0.2, 0) is 0 Å². The summed E-state index contributed by atoms with van der Waals surface area (Å²) in [6.45, 7) is 1.85. The van der Waals surface area contributed by atoms with Crippen LogP contribution in [0.25, 0.3) is 0 Å². The van der Waals surface area contributed by atoms with Crippen LogP contribution in [0.1, 0.15) is 18.5 Å². The number of halogens is 1. The van der Waals surface area contributed by atoms with Gasteiger partial charge in [-0.15, -0.1) is 12.4 Å². The van der Waals surface area contributed by atoms with Crippen LogP contribution >= 0.6 is 12.4 Å². The van der Waals surface area contributed by atoms with E-state index in [2.05, 4.69) is 0 Å². The van der Waals surface area contributed by atoms with Gasteiger partial charge in [-0.2, -0.15) is 0 Å². The molecule has 0 radical (unpaired) electrons. The number of methoxy groups -OCH3 is 2. The van der Waals surface area contributed by atoms with Crippen LogP contribution < -0.4 is 15.2 Å². The van der Waals surface area contributed by atoms with Crippen molar-refractivity contribution >= 4 is 12.4 Å². The maximum atomic E-state index is 9.60. The van der Waals surface area contributed by atoms with E-state index < -0.39 is 0 Å². The Bertz CT molecular complexity index is 303. The average molecular weight is 234 g/mol. The second-order valence-corrected chi connectivity index (χ2v) is 3.06. The Morgan fingerprint density at radius 1 is 1.20 bits per heavy atom. The van der Waals surface area contributed by atoms with E-state index in [9.17, 15) is 5.11 Å². The Kier molecular flexibility index (Phi) is 5.25. The van der Waals surface area contributed by atoms with Crippen LogP contribution in [-0.4, -0.2) is 19.3 Å². The molecule has 0 aliphatic heterocycles. The molecular formula is C10H16ClNO3. The van der Waals surface area contributed by atoms with E-state index in [0.717, 1.165) is 5.56 Å². The molecule has 0 spiro atoms. The second-order valence-electron chi connectivity index (χ2n) is 3.06. The van der Waals surface area contributed by atoms with Gasteiger partial charge in [0, 0.05) is 6.04 Å². The fourth-order valence-electron chi connectivity index (χ4n) is 1.18. The van der Waals surface area contributed by atoms with Gasteiger partial charge < -0.3 is 20.3 Å². The number of benzene rings is 1. The molecule has 86 valence electrons. The predicted octanol–water partition coefficient (Wildman–Crippen LogP) is 1.85. The average Bonchev–Trinajstić information content (AvgIpc) is 2.17. The number of hydrogen-bond acceptors (Lipinski definition) is 4. The Morgan fingerprint density at radius 2 is 1.60 bits per heavy atom. The minimum atomic E-state index is -0.126. The number of rotatable bonds is 3. The van der Waals surface area contributed by atoms with Crippen LogP contribution in [0.15, 0.2) is 12.1 Å². The Morgan fingerprint density at radius 3 is 1.87 bits per heavy atom. The number of nitrogens with two attached hydrogens (primary N) is 1. The quantitative estimate of drug-likeness (QED) is 0.836. The number of phenols is 1. The van der Waals surface area contributed by atoms with Gasteiger partial charge in [-0.3, -0.25) is 0 Å². The van der Waals surface area contributed by atoms with Crippen molar-refractivity contribution in [2.75, 3.05) is 14.2 Å². The third kappa shape index (κ3) is 2.91. The minimum absolute atomic E-state index is 0. The summed E-state index contributed by atoms with van der Waals surface area (Å²) in [5, 5.41) is 9.60. The van der Waals surface area contributed by atoms with Crippen LogP contribution in [0.4, 0.5) is 0 Å². The first-order valence-corrected chi connectivity index (χ1v) is 4.30. The highest BCUT2D eigenvalue weighted by atomic mass is 35.5.